The molecule has 0 atom stereocenters. The first-order chi connectivity index (χ1) is 6.59. The summed E-state index contributed by atoms with van der Waals surface area (Å²) in [6, 6.07) is 3.00. The van der Waals surface area contributed by atoms with E-state index in [1.54, 1.807) is 6.07 Å². The minimum Gasteiger partial charge on any atom is -0.375 e. The Morgan fingerprint density at radius 3 is 3.00 bits per heavy atom. The molecule has 0 amide bonds. The third kappa shape index (κ3) is 3.07. The number of hydrogen-bond acceptors (Lipinski definition) is 5. The van der Waals surface area contributed by atoms with Crippen molar-refractivity contribution in [1.29, 1.82) is 0 Å². The number of nitro groups is 1. The van der Waals surface area contributed by atoms with Crippen molar-refractivity contribution in [3.8, 4) is 0 Å². The number of hydrazone groups is 1. The molecule has 0 radical (unpaired) electrons. The van der Waals surface area contributed by atoms with Gasteiger partial charge in [0, 0.05) is 6.07 Å². The highest BCUT2D eigenvalue weighted by molar-refractivity contribution is 7.80. The number of thiophene rings is 1. The zero-order valence-corrected chi connectivity index (χ0v) is 8.47. The van der Waals surface area contributed by atoms with Crippen molar-refractivity contribution in [2.75, 3.05) is 0 Å². The first-order valence-electron chi connectivity index (χ1n) is 3.42. The second-order valence-electron chi connectivity index (χ2n) is 2.17. The van der Waals surface area contributed by atoms with Crippen LogP contribution in [0.1, 0.15) is 4.88 Å². The van der Waals surface area contributed by atoms with Crippen molar-refractivity contribution in [3.05, 3.63) is 27.1 Å². The quantitative estimate of drug-likeness (QED) is 0.347. The summed E-state index contributed by atoms with van der Waals surface area (Å²) in [5.41, 5.74) is 7.46. The molecular formula is C6H6N4O2S2. The minimum atomic E-state index is -0.455. The maximum absolute atomic E-state index is 10.3. The lowest BCUT2D eigenvalue weighted by Crippen LogP contribution is -2.23. The number of nitrogens with zero attached hydrogens (tertiary/aromatic N) is 2. The van der Waals surface area contributed by atoms with E-state index in [0.717, 1.165) is 11.3 Å². The van der Waals surface area contributed by atoms with Crippen LogP contribution >= 0.6 is 23.6 Å². The molecule has 0 aromatic carbocycles. The van der Waals surface area contributed by atoms with E-state index in [2.05, 4.69) is 22.7 Å². The van der Waals surface area contributed by atoms with Gasteiger partial charge in [0.1, 0.15) is 0 Å². The van der Waals surface area contributed by atoms with Crippen LogP contribution in [0.25, 0.3) is 0 Å². The number of nitrogens with one attached hydrogen (secondary N) is 1. The Morgan fingerprint density at radius 2 is 2.50 bits per heavy atom. The predicted octanol–water partition coefficient (Wildman–Crippen LogP) is 0.823. The van der Waals surface area contributed by atoms with E-state index >= 15 is 0 Å². The smallest absolute Gasteiger partial charge is 0.324 e. The van der Waals surface area contributed by atoms with Crippen molar-refractivity contribution < 1.29 is 4.92 Å². The van der Waals surface area contributed by atoms with Gasteiger partial charge in [0.25, 0.3) is 0 Å². The molecule has 0 aliphatic heterocycles. The average Bonchev–Trinajstić information content (AvgIpc) is 2.52. The SMILES string of the molecule is NC(=S)N/N=C\c1ccc([N+](=O)[O-])s1. The molecule has 3 N–H and O–H groups in total. The van der Waals surface area contributed by atoms with Crippen molar-refractivity contribution in [3.63, 3.8) is 0 Å². The molecule has 14 heavy (non-hydrogen) atoms. The van der Waals surface area contributed by atoms with Crippen LogP contribution in [0.4, 0.5) is 5.00 Å². The second-order valence-corrected chi connectivity index (χ2v) is 3.70. The average molecular weight is 230 g/mol. The Morgan fingerprint density at radius 1 is 1.79 bits per heavy atom. The van der Waals surface area contributed by atoms with Gasteiger partial charge in [0.15, 0.2) is 5.11 Å². The molecule has 0 unspecified atom stereocenters. The fraction of sp³-hybridized carbons (Fsp3) is 0. The van der Waals surface area contributed by atoms with E-state index in [9.17, 15) is 10.1 Å². The van der Waals surface area contributed by atoms with Gasteiger partial charge in [-0.15, -0.1) is 0 Å². The maximum atomic E-state index is 10.3. The third-order valence-electron chi connectivity index (χ3n) is 1.16. The Hall–Kier alpha value is -1.54. The Kier molecular flexibility index (Phi) is 3.48. The van der Waals surface area contributed by atoms with E-state index in [4.69, 9.17) is 5.73 Å². The molecule has 0 spiro atoms. The van der Waals surface area contributed by atoms with Crippen molar-refractivity contribution in [1.82, 2.24) is 5.43 Å². The Labute approximate surface area is 88.6 Å². The predicted molar refractivity (Wildman–Crippen MR) is 58.5 cm³/mol. The minimum absolute atomic E-state index is 0.0484. The van der Waals surface area contributed by atoms with Crippen LogP contribution in [0.15, 0.2) is 17.2 Å². The number of nitrogens with two attached hydrogens (primary N) is 1. The van der Waals surface area contributed by atoms with Gasteiger partial charge >= 0.3 is 5.00 Å². The largest absolute Gasteiger partial charge is 0.375 e. The summed E-state index contributed by atoms with van der Waals surface area (Å²) in [6.07, 6.45) is 1.41. The first kappa shape index (κ1) is 10.5. The fourth-order valence-electron chi connectivity index (χ4n) is 0.669. The summed E-state index contributed by atoms with van der Waals surface area (Å²) in [4.78, 5) is 10.5. The lowest BCUT2D eigenvalue weighted by molar-refractivity contribution is -0.380. The first-order valence-corrected chi connectivity index (χ1v) is 4.65. The molecule has 1 aromatic heterocycles. The Bertz CT molecular complexity index is 387. The van der Waals surface area contributed by atoms with Crippen LogP contribution in [0, 0.1) is 10.1 Å². The van der Waals surface area contributed by atoms with E-state index < -0.39 is 4.92 Å². The van der Waals surface area contributed by atoms with Crippen LogP contribution in [-0.2, 0) is 0 Å². The van der Waals surface area contributed by atoms with E-state index in [1.165, 1.54) is 12.3 Å². The summed E-state index contributed by atoms with van der Waals surface area (Å²) in [5, 5.41) is 14.1. The summed E-state index contributed by atoms with van der Waals surface area (Å²) >= 11 is 5.53. The highest BCUT2D eigenvalue weighted by atomic mass is 32.1. The lowest BCUT2D eigenvalue weighted by Gasteiger charge is -1.91. The molecule has 0 aliphatic carbocycles. The van der Waals surface area contributed by atoms with Gasteiger partial charge in [0.05, 0.1) is 16.0 Å². The van der Waals surface area contributed by atoms with Gasteiger partial charge in [-0.05, 0) is 18.3 Å². The molecule has 1 aromatic rings. The van der Waals surface area contributed by atoms with Crippen LogP contribution in [0.3, 0.4) is 0 Å². The molecule has 0 aliphatic rings. The summed E-state index contributed by atoms with van der Waals surface area (Å²) < 4.78 is 0. The van der Waals surface area contributed by atoms with E-state index in [1.807, 2.05) is 0 Å². The van der Waals surface area contributed by atoms with Crippen LogP contribution in [0.5, 0.6) is 0 Å². The fourth-order valence-corrected chi connectivity index (χ4v) is 1.42. The van der Waals surface area contributed by atoms with Gasteiger partial charge in [0.2, 0.25) is 0 Å². The zero-order chi connectivity index (χ0) is 10.6. The van der Waals surface area contributed by atoms with Gasteiger partial charge in [-0.1, -0.05) is 11.3 Å². The van der Waals surface area contributed by atoms with Gasteiger partial charge in [-0.2, -0.15) is 5.10 Å². The normalized spacial score (nSPS) is 10.3. The second kappa shape index (κ2) is 4.63. The summed E-state index contributed by atoms with van der Waals surface area (Å²) in [5.74, 6) is 0. The van der Waals surface area contributed by atoms with Crippen molar-refractivity contribution in [2.45, 2.75) is 0 Å². The zero-order valence-electron chi connectivity index (χ0n) is 6.84. The number of thiocarbonyl (C=S) groups is 1. The maximum Gasteiger partial charge on any atom is 0.324 e. The standard InChI is InChI=1S/C6H6N4O2S2/c7-6(13)9-8-3-4-1-2-5(14-4)10(11)12/h1-3H,(H3,7,9,13)/b8-3-. The van der Waals surface area contributed by atoms with Gasteiger partial charge in [-0.25, -0.2) is 0 Å². The summed E-state index contributed by atoms with van der Waals surface area (Å²) in [7, 11) is 0. The highest BCUT2D eigenvalue weighted by Gasteiger charge is 2.07. The molecule has 74 valence electrons. The van der Waals surface area contributed by atoms with Gasteiger partial charge < -0.3 is 5.73 Å². The molecule has 1 rings (SSSR count). The van der Waals surface area contributed by atoms with E-state index in [-0.39, 0.29) is 10.1 Å². The summed E-state index contributed by atoms with van der Waals surface area (Å²) in [6.45, 7) is 0. The number of rotatable bonds is 3. The third-order valence-corrected chi connectivity index (χ3v) is 2.22. The van der Waals surface area contributed by atoms with Crippen LogP contribution in [0.2, 0.25) is 0 Å². The lowest BCUT2D eigenvalue weighted by atomic mass is 10.5. The molecule has 0 fully saturated rings. The molecular weight excluding hydrogens is 224 g/mol. The molecule has 0 saturated carbocycles. The highest BCUT2D eigenvalue weighted by Crippen LogP contribution is 2.22. The van der Waals surface area contributed by atoms with Crippen molar-refractivity contribution in [2.24, 2.45) is 10.8 Å². The molecule has 8 heteroatoms. The molecule has 0 bridgehead atoms. The van der Waals surface area contributed by atoms with E-state index in [0.29, 0.717) is 4.88 Å². The Balaban J connectivity index is 2.64. The van der Waals surface area contributed by atoms with Crippen LogP contribution in [-0.4, -0.2) is 16.3 Å². The van der Waals surface area contributed by atoms with Crippen molar-refractivity contribution >= 4 is 39.9 Å². The molecule has 6 nitrogen and oxygen atoms in total. The molecule has 0 saturated heterocycles. The molecule has 1 heterocycles. The monoisotopic (exact) mass is 230 g/mol. The topological polar surface area (TPSA) is 93.5 Å². The van der Waals surface area contributed by atoms with Crippen LogP contribution < -0.4 is 11.2 Å². The number of hydrogen-bond donors (Lipinski definition) is 2. The van der Waals surface area contributed by atoms with Gasteiger partial charge in [-0.3, -0.25) is 15.5 Å².